The summed E-state index contributed by atoms with van der Waals surface area (Å²) >= 11 is 5.95. The first kappa shape index (κ1) is 18.4. The van der Waals surface area contributed by atoms with Crippen LogP contribution in [-0.4, -0.2) is 29.5 Å². The van der Waals surface area contributed by atoms with E-state index in [1.165, 1.54) is 11.1 Å². The molecular formula is C18H16ClN5O3. The van der Waals surface area contributed by atoms with E-state index in [1.807, 2.05) is 6.07 Å². The number of nitrogens with two attached hydrogens (primary N) is 1. The van der Waals surface area contributed by atoms with Crippen molar-refractivity contribution in [3.8, 4) is 0 Å². The van der Waals surface area contributed by atoms with Gasteiger partial charge in [-0.05, 0) is 24.3 Å². The number of hydrazone groups is 1. The van der Waals surface area contributed by atoms with Gasteiger partial charge < -0.3 is 5.73 Å². The second-order valence-corrected chi connectivity index (χ2v) is 6.14. The number of carbonyl (C=O) groups is 3. The van der Waals surface area contributed by atoms with Gasteiger partial charge in [-0.15, -0.1) is 0 Å². The van der Waals surface area contributed by atoms with Crippen molar-refractivity contribution in [1.29, 1.82) is 0 Å². The Morgan fingerprint density at radius 1 is 1.00 bits per heavy atom. The zero-order valence-electron chi connectivity index (χ0n) is 14.1. The number of carbonyl (C=O) groups excluding carboxylic acids is 3. The summed E-state index contributed by atoms with van der Waals surface area (Å²) in [5.74, 6) is -1.82. The quantitative estimate of drug-likeness (QED) is 0.686. The van der Waals surface area contributed by atoms with Crippen molar-refractivity contribution in [2.45, 2.75) is 12.5 Å². The highest BCUT2D eigenvalue weighted by molar-refractivity contribution is 6.40. The van der Waals surface area contributed by atoms with Crippen LogP contribution in [0.5, 0.6) is 0 Å². The van der Waals surface area contributed by atoms with Gasteiger partial charge in [-0.2, -0.15) is 5.10 Å². The molecule has 138 valence electrons. The van der Waals surface area contributed by atoms with Crippen LogP contribution in [0, 0.1) is 0 Å². The summed E-state index contributed by atoms with van der Waals surface area (Å²) in [5.41, 5.74) is 10.9. The molecule has 9 heteroatoms. The van der Waals surface area contributed by atoms with Crippen LogP contribution in [0.2, 0.25) is 5.02 Å². The van der Waals surface area contributed by atoms with Gasteiger partial charge in [0.1, 0.15) is 11.8 Å². The normalized spacial score (nSPS) is 15.8. The molecule has 2 aromatic carbocycles. The number of amides is 3. The molecule has 1 atom stereocenters. The summed E-state index contributed by atoms with van der Waals surface area (Å²) in [6, 6.07) is 14.5. The van der Waals surface area contributed by atoms with Crippen LogP contribution in [0.1, 0.15) is 16.8 Å². The predicted octanol–water partition coefficient (Wildman–Crippen LogP) is 1.22. The van der Waals surface area contributed by atoms with Gasteiger partial charge in [0.15, 0.2) is 0 Å². The highest BCUT2D eigenvalue weighted by Gasteiger charge is 2.35. The molecule has 8 nitrogen and oxygen atoms in total. The molecule has 27 heavy (non-hydrogen) atoms. The van der Waals surface area contributed by atoms with E-state index in [2.05, 4.69) is 16.0 Å². The van der Waals surface area contributed by atoms with Gasteiger partial charge in [-0.1, -0.05) is 41.9 Å². The van der Waals surface area contributed by atoms with Crippen molar-refractivity contribution in [3.63, 3.8) is 0 Å². The van der Waals surface area contributed by atoms with Gasteiger partial charge in [0.05, 0.1) is 16.3 Å². The number of benzene rings is 2. The van der Waals surface area contributed by atoms with E-state index in [1.54, 1.807) is 42.5 Å². The summed E-state index contributed by atoms with van der Waals surface area (Å²) in [5, 5.41) is 5.84. The monoisotopic (exact) mass is 385 g/mol. The van der Waals surface area contributed by atoms with Gasteiger partial charge in [0, 0.05) is 6.42 Å². The fourth-order valence-electron chi connectivity index (χ4n) is 2.59. The topological polar surface area (TPSA) is 117 Å². The molecule has 0 unspecified atom stereocenters. The second kappa shape index (κ2) is 7.88. The lowest BCUT2D eigenvalue weighted by atomic mass is 10.1. The van der Waals surface area contributed by atoms with Crippen molar-refractivity contribution in [2.24, 2.45) is 10.8 Å². The van der Waals surface area contributed by atoms with E-state index in [0.29, 0.717) is 5.69 Å². The first-order valence-electron chi connectivity index (χ1n) is 8.03. The lowest BCUT2D eigenvalue weighted by Gasteiger charge is -2.20. The van der Waals surface area contributed by atoms with Crippen LogP contribution in [0.4, 0.5) is 5.69 Å². The third-order valence-electron chi connectivity index (χ3n) is 3.93. The minimum absolute atomic E-state index is 0.0258. The molecule has 0 fully saturated rings. The molecule has 0 aliphatic carbocycles. The molecule has 0 saturated carbocycles. The number of rotatable bonds is 4. The van der Waals surface area contributed by atoms with Crippen molar-refractivity contribution < 1.29 is 14.4 Å². The molecule has 0 saturated heterocycles. The molecule has 4 N–H and O–H groups in total. The fourth-order valence-corrected chi connectivity index (χ4v) is 2.81. The number of nitrogens with one attached hydrogen (secondary N) is 2. The Balaban J connectivity index is 1.70. The second-order valence-electron chi connectivity index (χ2n) is 5.74. The largest absolute Gasteiger partial charge is 0.368 e. The molecule has 0 aromatic heterocycles. The van der Waals surface area contributed by atoms with E-state index in [9.17, 15) is 14.4 Å². The standard InChI is InChI=1S/C18H16ClN5O3/c19-13-9-5-4-8-12(13)17(26)21-22-18(27)14-10-15(16(20)25)24(23-14)11-6-2-1-3-7-11/h1-9,15H,10H2,(H2,20,25)(H,21,26)(H,22,27)/t15-/m0/s1. The van der Waals surface area contributed by atoms with Gasteiger partial charge in [-0.25, -0.2) is 0 Å². The van der Waals surface area contributed by atoms with Crippen LogP contribution in [0.3, 0.4) is 0 Å². The minimum Gasteiger partial charge on any atom is -0.368 e. The fraction of sp³-hybridized carbons (Fsp3) is 0.111. The number of anilines is 1. The summed E-state index contributed by atoms with van der Waals surface area (Å²) in [6.07, 6.45) is 0.0258. The number of hydrazine groups is 1. The Labute approximate surface area is 159 Å². The van der Waals surface area contributed by atoms with Gasteiger partial charge in [-0.3, -0.25) is 30.2 Å². The average Bonchev–Trinajstić information content (AvgIpc) is 3.13. The number of hydrogen-bond donors (Lipinski definition) is 3. The minimum atomic E-state index is -0.785. The van der Waals surface area contributed by atoms with E-state index < -0.39 is 23.8 Å². The van der Waals surface area contributed by atoms with Crippen LogP contribution in [0.25, 0.3) is 0 Å². The Kier molecular flexibility index (Phi) is 5.37. The first-order valence-corrected chi connectivity index (χ1v) is 8.41. The number of para-hydroxylation sites is 1. The molecule has 1 heterocycles. The maximum atomic E-state index is 12.3. The van der Waals surface area contributed by atoms with E-state index >= 15 is 0 Å². The first-order chi connectivity index (χ1) is 13.0. The third kappa shape index (κ3) is 4.06. The van der Waals surface area contributed by atoms with Crippen molar-refractivity contribution in [2.75, 3.05) is 5.01 Å². The van der Waals surface area contributed by atoms with Crippen LogP contribution >= 0.6 is 11.6 Å². The summed E-state index contributed by atoms with van der Waals surface area (Å²) in [7, 11) is 0. The Morgan fingerprint density at radius 2 is 1.63 bits per heavy atom. The lowest BCUT2D eigenvalue weighted by molar-refractivity contribution is -0.119. The Hall–Kier alpha value is -3.39. The predicted molar refractivity (Wildman–Crippen MR) is 101 cm³/mol. The van der Waals surface area contributed by atoms with Gasteiger partial charge in [0.2, 0.25) is 5.91 Å². The number of primary amides is 1. The zero-order chi connectivity index (χ0) is 19.4. The van der Waals surface area contributed by atoms with Crippen LogP contribution in [-0.2, 0) is 9.59 Å². The molecular weight excluding hydrogens is 370 g/mol. The number of halogens is 1. The van der Waals surface area contributed by atoms with E-state index in [4.69, 9.17) is 17.3 Å². The molecule has 3 rings (SSSR count). The van der Waals surface area contributed by atoms with Gasteiger partial charge >= 0.3 is 0 Å². The molecule has 2 aromatic rings. The molecule has 3 amide bonds. The highest BCUT2D eigenvalue weighted by Crippen LogP contribution is 2.24. The number of nitrogens with zero attached hydrogens (tertiary/aromatic N) is 2. The highest BCUT2D eigenvalue weighted by atomic mass is 35.5. The summed E-state index contributed by atoms with van der Waals surface area (Å²) < 4.78 is 0. The van der Waals surface area contributed by atoms with E-state index in [-0.39, 0.29) is 22.7 Å². The molecule has 0 radical (unpaired) electrons. The smallest absolute Gasteiger partial charge is 0.285 e. The molecule has 1 aliphatic heterocycles. The summed E-state index contributed by atoms with van der Waals surface area (Å²) in [6.45, 7) is 0. The van der Waals surface area contributed by atoms with Crippen molar-refractivity contribution >= 4 is 40.7 Å². The number of hydrogen-bond acceptors (Lipinski definition) is 5. The molecule has 0 bridgehead atoms. The Morgan fingerprint density at radius 3 is 2.30 bits per heavy atom. The zero-order valence-corrected chi connectivity index (χ0v) is 14.8. The van der Waals surface area contributed by atoms with Gasteiger partial charge in [0.25, 0.3) is 11.8 Å². The van der Waals surface area contributed by atoms with E-state index in [0.717, 1.165) is 0 Å². The van der Waals surface area contributed by atoms with Crippen molar-refractivity contribution in [3.05, 3.63) is 65.2 Å². The van der Waals surface area contributed by atoms with Crippen LogP contribution < -0.4 is 21.6 Å². The van der Waals surface area contributed by atoms with Crippen LogP contribution in [0.15, 0.2) is 59.7 Å². The third-order valence-corrected chi connectivity index (χ3v) is 4.26. The molecule has 0 spiro atoms. The molecule has 1 aliphatic rings. The van der Waals surface area contributed by atoms with Crippen molar-refractivity contribution in [1.82, 2.24) is 10.9 Å². The maximum absolute atomic E-state index is 12.3. The maximum Gasteiger partial charge on any atom is 0.285 e. The Bertz CT molecular complexity index is 916. The SMILES string of the molecule is NC(=O)[C@@H]1CC(C(=O)NNC(=O)c2ccccc2Cl)=NN1c1ccccc1. The summed E-state index contributed by atoms with van der Waals surface area (Å²) in [4.78, 5) is 36.2. The lowest BCUT2D eigenvalue weighted by Crippen LogP contribution is -2.45. The average molecular weight is 386 g/mol.